The van der Waals surface area contributed by atoms with Gasteiger partial charge in [-0.05, 0) is 29.0 Å². The van der Waals surface area contributed by atoms with E-state index in [2.05, 4.69) is 5.32 Å². The molecule has 27 heavy (non-hydrogen) atoms. The van der Waals surface area contributed by atoms with Crippen LogP contribution in [0.25, 0.3) is 10.8 Å². The highest BCUT2D eigenvalue weighted by molar-refractivity contribution is 6.02. The lowest BCUT2D eigenvalue weighted by atomic mass is 9.93. The normalized spacial score (nSPS) is 16.7. The zero-order chi connectivity index (χ0) is 18.8. The molecular formula is C22H21N3O2. The second-order valence-electron chi connectivity index (χ2n) is 6.87. The molecule has 0 spiro atoms. The highest BCUT2D eigenvalue weighted by atomic mass is 16.2. The van der Waals surface area contributed by atoms with Gasteiger partial charge < -0.3 is 11.1 Å². The first-order valence-corrected chi connectivity index (χ1v) is 8.99. The molecule has 1 atom stereocenters. The van der Waals surface area contributed by atoms with E-state index in [0.29, 0.717) is 13.0 Å². The quantitative estimate of drug-likeness (QED) is 0.752. The fraction of sp³-hybridized carbons (Fsp3) is 0.182. The van der Waals surface area contributed by atoms with Gasteiger partial charge in [-0.2, -0.15) is 0 Å². The van der Waals surface area contributed by atoms with E-state index < -0.39 is 11.9 Å². The largest absolute Gasteiger partial charge is 0.368 e. The molecule has 0 radical (unpaired) electrons. The van der Waals surface area contributed by atoms with Gasteiger partial charge in [0.15, 0.2) is 0 Å². The summed E-state index contributed by atoms with van der Waals surface area (Å²) in [5.74, 6) is -0.556. The highest BCUT2D eigenvalue weighted by Crippen LogP contribution is 2.25. The van der Waals surface area contributed by atoms with Crippen LogP contribution in [0.1, 0.15) is 11.1 Å². The van der Waals surface area contributed by atoms with E-state index in [0.717, 1.165) is 27.6 Å². The van der Waals surface area contributed by atoms with Gasteiger partial charge in [-0.25, -0.2) is 0 Å². The molecule has 1 aliphatic heterocycles. The van der Waals surface area contributed by atoms with Crippen molar-refractivity contribution in [3.05, 3.63) is 77.9 Å². The van der Waals surface area contributed by atoms with Crippen molar-refractivity contribution in [3.63, 3.8) is 0 Å². The van der Waals surface area contributed by atoms with Crippen LogP contribution in [-0.4, -0.2) is 29.3 Å². The number of carbonyl (C=O) groups is 2. The number of carbonyl (C=O) groups excluding carboxylic acids is 2. The van der Waals surface area contributed by atoms with Gasteiger partial charge in [-0.15, -0.1) is 0 Å². The lowest BCUT2D eigenvalue weighted by Crippen LogP contribution is -2.50. The number of rotatable bonds is 4. The Hall–Kier alpha value is -3.18. The van der Waals surface area contributed by atoms with Gasteiger partial charge >= 0.3 is 0 Å². The van der Waals surface area contributed by atoms with Crippen LogP contribution >= 0.6 is 0 Å². The summed E-state index contributed by atoms with van der Waals surface area (Å²) in [6, 6.07) is 21.2. The molecule has 1 aliphatic rings. The zero-order valence-electron chi connectivity index (χ0n) is 14.9. The number of anilines is 1. The predicted molar refractivity (Wildman–Crippen MR) is 106 cm³/mol. The van der Waals surface area contributed by atoms with Crippen LogP contribution in [0.4, 0.5) is 5.69 Å². The summed E-state index contributed by atoms with van der Waals surface area (Å²) in [7, 11) is 0. The lowest BCUT2D eigenvalue weighted by molar-refractivity contribution is -0.125. The summed E-state index contributed by atoms with van der Waals surface area (Å²) in [6.45, 7) is 0.651. The molecule has 0 unspecified atom stereocenters. The number of hydrogen-bond acceptors (Lipinski definition) is 3. The molecule has 3 aromatic carbocycles. The number of nitrogens with two attached hydrogens (primary N) is 1. The first-order chi connectivity index (χ1) is 13.1. The summed E-state index contributed by atoms with van der Waals surface area (Å²) in [5, 5.41) is 5.04. The molecule has 0 fully saturated rings. The van der Waals surface area contributed by atoms with Gasteiger partial charge in [-0.3, -0.25) is 14.5 Å². The highest BCUT2D eigenvalue weighted by Gasteiger charge is 2.31. The average molecular weight is 359 g/mol. The number of amides is 2. The molecule has 4 rings (SSSR count). The SMILES string of the molecule is NC(=O)[C@H]1Cc2ccccc2CN1CC(=O)Nc1cccc2ccccc12. The Bertz CT molecular complexity index is 1010. The third-order valence-electron chi connectivity index (χ3n) is 5.08. The van der Waals surface area contributed by atoms with Crippen molar-refractivity contribution in [1.82, 2.24) is 4.90 Å². The van der Waals surface area contributed by atoms with E-state index in [1.54, 1.807) is 0 Å². The smallest absolute Gasteiger partial charge is 0.238 e. The Morgan fingerprint density at radius 2 is 1.67 bits per heavy atom. The second-order valence-corrected chi connectivity index (χ2v) is 6.87. The monoisotopic (exact) mass is 359 g/mol. The summed E-state index contributed by atoms with van der Waals surface area (Å²) >= 11 is 0. The van der Waals surface area contributed by atoms with Crippen molar-refractivity contribution in [1.29, 1.82) is 0 Å². The van der Waals surface area contributed by atoms with E-state index in [1.165, 1.54) is 0 Å². The standard InChI is InChI=1S/C22H21N3O2/c23-22(27)20-12-16-7-1-2-8-17(16)13-25(20)14-21(26)24-19-11-5-9-15-6-3-4-10-18(15)19/h1-11,20H,12-14H2,(H2,23,27)(H,24,26)/t20-/m1/s1. The van der Waals surface area contributed by atoms with E-state index >= 15 is 0 Å². The van der Waals surface area contributed by atoms with Crippen molar-refractivity contribution in [3.8, 4) is 0 Å². The summed E-state index contributed by atoms with van der Waals surface area (Å²) in [5.41, 5.74) is 8.62. The van der Waals surface area contributed by atoms with Crippen LogP contribution in [0, 0.1) is 0 Å². The number of fused-ring (bicyclic) bond motifs is 2. The van der Waals surface area contributed by atoms with Crippen LogP contribution < -0.4 is 11.1 Å². The molecule has 136 valence electrons. The Balaban J connectivity index is 1.53. The second kappa shape index (κ2) is 7.21. The molecule has 5 heteroatoms. The number of hydrogen-bond donors (Lipinski definition) is 2. The molecule has 0 aromatic heterocycles. The first-order valence-electron chi connectivity index (χ1n) is 8.99. The third-order valence-corrected chi connectivity index (χ3v) is 5.08. The number of nitrogens with zero attached hydrogens (tertiary/aromatic N) is 1. The first kappa shape index (κ1) is 17.2. The molecule has 3 N–H and O–H groups in total. The maximum absolute atomic E-state index is 12.7. The number of benzene rings is 3. The minimum Gasteiger partial charge on any atom is -0.368 e. The Morgan fingerprint density at radius 3 is 2.48 bits per heavy atom. The van der Waals surface area contributed by atoms with E-state index in [-0.39, 0.29) is 12.5 Å². The Labute approximate surface area is 157 Å². The van der Waals surface area contributed by atoms with Crippen molar-refractivity contribution in [2.75, 3.05) is 11.9 Å². The van der Waals surface area contributed by atoms with E-state index in [1.807, 2.05) is 71.6 Å². The minimum atomic E-state index is -0.474. The third kappa shape index (κ3) is 3.55. The van der Waals surface area contributed by atoms with Crippen LogP contribution in [0.2, 0.25) is 0 Å². The molecule has 1 heterocycles. The lowest BCUT2D eigenvalue weighted by Gasteiger charge is -2.34. The predicted octanol–water partition coefficient (Wildman–Crippen LogP) is 2.69. The van der Waals surface area contributed by atoms with Gasteiger partial charge in [-0.1, -0.05) is 60.7 Å². The van der Waals surface area contributed by atoms with Crippen molar-refractivity contribution in [2.24, 2.45) is 5.73 Å². The molecular weight excluding hydrogens is 338 g/mol. The van der Waals surface area contributed by atoms with Crippen LogP contribution in [0.5, 0.6) is 0 Å². The van der Waals surface area contributed by atoms with Gasteiger partial charge in [0, 0.05) is 17.6 Å². The molecule has 2 amide bonds. The van der Waals surface area contributed by atoms with Crippen molar-refractivity contribution < 1.29 is 9.59 Å². The molecule has 0 saturated heterocycles. The van der Waals surface area contributed by atoms with Gasteiger partial charge in [0.05, 0.1) is 12.6 Å². The molecule has 0 aliphatic carbocycles. The fourth-order valence-corrected chi connectivity index (χ4v) is 3.73. The van der Waals surface area contributed by atoms with Crippen LogP contribution in [0.3, 0.4) is 0 Å². The van der Waals surface area contributed by atoms with Crippen molar-refractivity contribution >= 4 is 28.3 Å². The topological polar surface area (TPSA) is 75.4 Å². The fourth-order valence-electron chi connectivity index (χ4n) is 3.73. The summed E-state index contributed by atoms with van der Waals surface area (Å²) < 4.78 is 0. The molecule has 3 aromatic rings. The number of nitrogens with one attached hydrogen (secondary N) is 1. The van der Waals surface area contributed by atoms with Gasteiger partial charge in [0.25, 0.3) is 0 Å². The Kier molecular flexibility index (Phi) is 4.60. The molecule has 0 bridgehead atoms. The minimum absolute atomic E-state index is 0.116. The van der Waals surface area contributed by atoms with Crippen LogP contribution in [0.15, 0.2) is 66.7 Å². The van der Waals surface area contributed by atoms with Gasteiger partial charge in [0.2, 0.25) is 11.8 Å². The van der Waals surface area contributed by atoms with E-state index in [4.69, 9.17) is 5.73 Å². The zero-order valence-corrected chi connectivity index (χ0v) is 14.9. The van der Waals surface area contributed by atoms with E-state index in [9.17, 15) is 9.59 Å². The summed E-state index contributed by atoms with van der Waals surface area (Å²) in [6.07, 6.45) is 0.535. The maximum Gasteiger partial charge on any atom is 0.238 e. The average Bonchev–Trinajstić information content (AvgIpc) is 2.67. The van der Waals surface area contributed by atoms with Crippen molar-refractivity contribution in [2.45, 2.75) is 19.0 Å². The molecule has 0 saturated carbocycles. The summed E-state index contributed by atoms with van der Waals surface area (Å²) in [4.78, 5) is 26.5. The maximum atomic E-state index is 12.7. The van der Waals surface area contributed by atoms with Gasteiger partial charge in [0.1, 0.15) is 0 Å². The van der Waals surface area contributed by atoms with Crippen LogP contribution in [-0.2, 0) is 22.6 Å². The molecule has 5 nitrogen and oxygen atoms in total. The Morgan fingerprint density at radius 1 is 0.963 bits per heavy atom. The number of primary amides is 1.